The number of hydrogen-bond acceptors (Lipinski definition) is 3. The van der Waals surface area contributed by atoms with E-state index >= 15 is 0 Å². The van der Waals surface area contributed by atoms with E-state index in [0.29, 0.717) is 11.4 Å². The summed E-state index contributed by atoms with van der Waals surface area (Å²) in [6.07, 6.45) is -4.33. The Balaban J connectivity index is 1.80. The van der Waals surface area contributed by atoms with Crippen molar-refractivity contribution in [3.05, 3.63) is 66.2 Å². The zero-order chi connectivity index (χ0) is 16.4. The third kappa shape index (κ3) is 3.15. The Morgan fingerprint density at radius 1 is 0.739 bits per heavy atom. The number of hydrogen-bond donors (Lipinski definition) is 3. The monoisotopic (exact) mass is 317 g/mol. The minimum absolute atomic E-state index is 0.527. The molecule has 3 aromatic carbocycles. The quantitative estimate of drug-likeness (QED) is 0.477. The number of alkyl halides is 3. The molecule has 118 valence electrons. The number of benzene rings is 3. The Kier molecular flexibility index (Phi) is 3.73. The highest BCUT2D eigenvalue weighted by molar-refractivity contribution is 6.01. The number of anilines is 3. The summed E-state index contributed by atoms with van der Waals surface area (Å²) in [4.78, 5) is 0. The molecule has 6 heteroatoms. The molecule has 0 spiro atoms. The fourth-order valence-corrected chi connectivity index (χ4v) is 2.31. The van der Waals surface area contributed by atoms with E-state index in [9.17, 15) is 13.2 Å². The minimum Gasteiger partial charge on any atom is -0.398 e. The fraction of sp³-hybridized carbons (Fsp3) is 0.0588. The van der Waals surface area contributed by atoms with E-state index in [1.54, 1.807) is 6.07 Å². The number of rotatable bonds is 3. The van der Waals surface area contributed by atoms with Crippen molar-refractivity contribution in [3.8, 4) is 0 Å². The van der Waals surface area contributed by atoms with Gasteiger partial charge in [0.1, 0.15) is 0 Å². The lowest BCUT2D eigenvalue weighted by Gasteiger charge is -2.14. The molecule has 23 heavy (non-hydrogen) atoms. The van der Waals surface area contributed by atoms with Gasteiger partial charge in [-0.2, -0.15) is 13.2 Å². The zero-order valence-corrected chi connectivity index (χ0v) is 12.0. The van der Waals surface area contributed by atoms with E-state index < -0.39 is 11.7 Å². The maximum absolute atomic E-state index is 12.5. The van der Waals surface area contributed by atoms with Gasteiger partial charge in [0.25, 0.3) is 0 Å². The predicted molar refractivity (Wildman–Crippen MR) is 87.0 cm³/mol. The molecule has 0 aliphatic heterocycles. The van der Waals surface area contributed by atoms with E-state index in [0.717, 1.165) is 28.6 Å². The number of fused-ring (bicyclic) bond motifs is 1. The van der Waals surface area contributed by atoms with Crippen molar-refractivity contribution in [1.29, 1.82) is 0 Å². The van der Waals surface area contributed by atoms with Crippen molar-refractivity contribution in [2.45, 2.75) is 6.18 Å². The number of nitrogens with two attached hydrogens (primary N) is 1. The van der Waals surface area contributed by atoms with Gasteiger partial charge in [0, 0.05) is 16.5 Å². The second-order valence-electron chi connectivity index (χ2n) is 5.07. The Morgan fingerprint density at radius 2 is 1.39 bits per heavy atom. The van der Waals surface area contributed by atoms with Gasteiger partial charge in [-0.3, -0.25) is 0 Å². The summed E-state index contributed by atoms with van der Waals surface area (Å²) in [6.45, 7) is 0. The summed E-state index contributed by atoms with van der Waals surface area (Å²) >= 11 is 0. The number of hydrazine groups is 1. The van der Waals surface area contributed by atoms with Gasteiger partial charge in [-0.25, -0.2) is 0 Å². The molecule has 0 bridgehead atoms. The Labute approximate surface area is 130 Å². The van der Waals surface area contributed by atoms with Crippen LogP contribution in [0.5, 0.6) is 0 Å². The van der Waals surface area contributed by atoms with Gasteiger partial charge in [0.15, 0.2) is 0 Å². The second-order valence-corrected chi connectivity index (χ2v) is 5.07. The van der Waals surface area contributed by atoms with Crippen molar-refractivity contribution in [2.75, 3.05) is 16.6 Å². The van der Waals surface area contributed by atoms with Crippen LogP contribution in [0.1, 0.15) is 5.56 Å². The molecule has 0 amide bonds. The van der Waals surface area contributed by atoms with Gasteiger partial charge >= 0.3 is 6.18 Å². The average molecular weight is 317 g/mol. The number of halogens is 3. The van der Waals surface area contributed by atoms with E-state index in [1.807, 2.05) is 30.3 Å². The summed E-state index contributed by atoms with van der Waals surface area (Å²) < 4.78 is 37.6. The van der Waals surface area contributed by atoms with Gasteiger partial charge in [-0.15, -0.1) is 0 Å². The summed E-state index contributed by atoms with van der Waals surface area (Å²) in [5.74, 6) is 0. The standard InChI is InChI=1S/C17H14F3N3/c18-17(19,20)11-5-7-12(8-6-11)22-23-16-10-9-15(21)13-3-1-2-4-14(13)16/h1-10,22-23H,21H2. The van der Waals surface area contributed by atoms with Gasteiger partial charge in [-0.1, -0.05) is 24.3 Å². The third-order valence-electron chi connectivity index (χ3n) is 3.51. The first-order valence-corrected chi connectivity index (χ1v) is 6.92. The third-order valence-corrected chi connectivity index (χ3v) is 3.51. The molecule has 0 aliphatic carbocycles. The summed E-state index contributed by atoms with van der Waals surface area (Å²) in [5.41, 5.74) is 13.1. The second kappa shape index (κ2) is 5.72. The van der Waals surface area contributed by atoms with Crippen molar-refractivity contribution < 1.29 is 13.2 Å². The van der Waals surface area contributed by atoms with Crippen LogP contribution < -0.4 is 16.6 Å². The van der Waals surface area contributed by atoms with E-state index in [1.165, 1.54) is 12.1 Å². The summed E-state index contributed by atoms with van der Waals surface area (Å²) in [7, 11) is 0. The molecule has 0 aliphatic rings. The molecule has 0 heterocycles. The molecule has 0 atom stereocenters. The molecule has 0 saturated heterocycles. The molecular formula is C17H14F3N3. The molecule has 0 unspecified atom stereocenters. The van der Waals surface area contributed by atoms with Crippen LogP contribution in [0, 0.1) is 0 Å². The molecule has 4 N–H and O–H groups in total. The van der Waals surface area contributed by atoms with E-state index in [4.69, 9.17) is 5.73 Å². The first-order chi connectivity index (χ1) is 10.9. The Morgan fingerprint density at radius 3 is 2.04 bits per heavy atom. The number of nitrogen functional groups attached to an aromatic ring is 1. The van der Waals surface area contributed by atoms with E-state index in [-0.39, 0.29) is 0 Å². The molecule has 0 saturated carbocycles. The molecule has 0 radical (unpaired) electrons. The van der Waals surface area contributed by atoms with Gasteiger partial charge < -0.3 is 16.6 Å². The lowest BCUT2D eigenvalue weighted by Crippen LogP contribution is -2.10. The van der Waals surface area contributed by atoms with Crippen LogP contribution in [-0.4, -0.2) is 0 Å². The van der Waals surface area contributed by atoms with Crippen LogP contribution in [0.25, 0.3) is 10.8 Å². The molecule has 3 rings (SSSR count). The van der Waals surface area contributed by atoms with Crippen LogP contribution in [0.4, 0.5) is 30.2 Å². The van der Waals surface area contributed by atoms with Crippen molar-refractivity contribution in [2.24, 2.45) is 0 Å². The SMILES string of the molecule is Nc1ccc(NNc2ccc(C(F)(F)F)cc2)c2ccccc12. The minimum atomic E-state index is -4.33. The molecule has 0 fully saturated rings. The van der Waals surface area contributed by atoms with Gasteiger partial charge in [-0.05, 0) is 36.4 Å². The highest BCUT2D eigenvalue weighted by atomic mass is 19.4. The predicted octanol–water partition coefficient (Wildman–Crippen LogP) is 4.88. The lowest BCUT2D eigenvalue weighted by molar-refractivity contribution is -0.137. The van der Waals surface area contributed by atoms with Crippen LogP contribution in [0.15, 0.2) is 60.7 Å². The maximum Gasteiger partial charge on any atom is 0.416 e. The zero-order valence-electron chi connectivity index (χ0n) is 12.0. The lowest BCUT2D eigenvalue weighted by atomic mass is 10.1. The van der Waals surface area contributed by atoms with Gasteiger partial charge in [0.2, 0.25) is 0 Å². The molecule has 3 nitrogen and oxygen atoms in total. The summed E-state index contributed by atoms with van der Waals surface area (Å²) in [5, 5.41) is 1.83. The van der Waals surface area contributed by atoms with Crippen molar-refractivity contribution >= 4 is 27.8 Å². The largest absolute Gasteiger partial charge is 0.416 e. The van der Waals surface area contributed by atoms with Crippen LogP contribution in [-0.2, 0) is 6.18 Å². The molecular weight excluding hydrogens is 303 g/mol. The van der Waals surface area contributed by atoms with Crippen LogP contribution >= 0.6 is 0 Å². The number of nitrogens with one attached hydrogen (secondary N) is 2. The van der Waals surface area contributed by atoms with Crippen molar-refractivity contribution in [1.82, 2.24) is 0 Å². The average Bonchev–Trinajstić information content (AvgIpc) is 2.54. The van der Waals surface area contributed by atoms with Crippen molar-refractivity contribution in [3.63, 3.8) is 0 Å². The Bertz CT molecular complexity index is 827. The fourth-order valence-electron chi connectivity index (χ4n) is 2.31. The molecule has 0 aromatic heterocycles. The van der Waals surface area contributed by atoms with E-state index in [2.05, 4.69) is 10.9 Å². The maximum atomic E-state index is 12.5. The normalized spacial score (nSPS) is 11.4. The van der Waals surface area contributed by atoms with Crippen LogP contribution in [0.2, 0.25) is 0 Å². The molecule has 3 aromatic rings. The first kappa shape index (κ1) is 15.0. The Hall–Kier alpha value is -2.89. The summed E-state index contributed by atoms with van der Waals surface area (Å²) in [6, 6.07) is 16.0. The topological polar surface area (TPSA) is 50.1 Å². The first-order valence-electron chi connectivity index (χ1n) is 6.92. The highest BCUT2D eigenvalue weighted by Gasteiger charge is 2.29. The smallest absolute Gasteiger partial charge is 0.398 e. The van der Waals surface area contributed by atoms with Gasteiger partial charge in [0.05, 0.1) is 16.9 Å². The highest BCUT2D eigenvalue weighted by Crippen LogP contribution is 2.30. The van der Waals surface area contributed by atoms with Crippen LogP contribution in [0.3, 0.4) is 0 Å².